The van der Waals surface area contributed by atoms with Crippen molar-refractivity contribution in [3.8, 4) is 0 Å². The molecule has 1 unspecified atom stereocenters. The molecule has 2 saturated heterocycles. The normalized spacial score (nSPS) is 14.2. The number of nitrogens with one attached hydrogen (secondary N) is 3. The molecular formula is C45H74N9O25+3. The lowest BCUT2D eigenvalue weighted by atomic mass is 10.3. The fourth-order valence-corrected chi connectivity index (χ4v) is 7.74. The van der Waals surface area contributed by atoms with Gasteiger partial charge in [0.05, 0.1) is 118 Å². The van der Waals surface area contributed by atoms with Crippen molar-refractivity contribution in [1.29, 1.82) is 0 Å². The first-order valence-corrected chi connectivity index (χ1v) is 24.3. The summed E-state index contributed by atoms with van der Waals surface area (Å²) >= 11 is 0. The van der Waals surface area contributed by atoms with Gasteiger partial charge in [0.25, 0.3) is 0 Å². The Morgan fingerprint density at radius 1 is 0.354 bits per heavy atom. The Labute approximate surface area is 452 Å². The number of carboxylic acids is 8. The third kappa shape index (κ3) is 40.6. The molecule has 0 aliphatic carbocycles. The number of Topliss-reactive ketones (excluding diaryl/α,β-unsaturated/α-hetero) is 3. The average molecular weight is 1140 g/mol. The molecule has 34 nitrogen and oxygen atoms in total. The van der Waals surface area contributed by atoms with Crippen molar-refractivity contribution in [3.05, 3.63) is 0 Å². The summed E-state index contributed by atoms with van der Waals surface area (Å²) in [7, 11) is 0. The molecule has 0 amide bonds. The predicted molar refractivity (Wildman–Crippen MR) is 261 cm³/mol. The minimum absolute atomic E-state index is 0.0153. The second-order valence-corrected chi connectivity index (χ2v) is 18.5. The van der Waals surface area contributed by atoms with E-state index in [1.54, 1.807) is 9.80 Å². The molecule has 0 saturated carbocycles. The van der Waals surface area contributed by atoms with Gasteiger partial charge in [-0.15, -0.1) is 0 Å². The number of aliphatic carboxylic acids is 8. The Morgan fingerprint density at radius 2 is 0.557 bits per heavy atom. The van der Waals surface area contributed by atoms with Crippen LogP contribution in [0.15, 0.2) is 0 Å². The number of cyclic esters (lactones) is 4. The quantitative estimate of drug-likeness (QED) is 0.0200. The molecule has 2 aliphatic rings. The minimum Gasteiger partial charge on any atom is -0.480 e. The summed E-state index contributed by atoms with van der Waals surface area (Å²) in [6.07, 6.45) is 0. The van der Waals surface area contributed by atoms with E-state index in [0.29, 0.717) is 40.9 Å². The summed E-state index contributed by atoms with van der Waals surface area (Å²) < 4.78 is 8.86. The van der Waals surface area contributed by atoms with Gasteiger partial charge in [0.2, 0.25) is 0 Å². The van der Waals surface area contributed by atoms with E-state index in [2.05, 4.69) is 9.47 Å². The smallest absolute Gasteiger partial charge is 0.359 e. The molecule has 0 radical (unpaired) electrons. The van der Waals surface area contributed by atoms with E-state index < -0.39 is 84.7 Å². The van der Waals surface area contributed by atoms with Crippen molar-refractivity contribution in [2.24, 2.45) is 0 Å². The van der Waals surface area contributed by atoms with Crippen LogP contribution in [0.4, 0.5) is 0 Å². The van der Waals surface area contributed by atoms with E-state index in [4.69, 9.17) is 40.9 Å². The van der Waals surface area contributed by atoms with E-state index in [1.165, 1.54) is 35.5 Å². The monoisotopic (exact) mass is 1140 g/mol. The Kier molecular flexibility index (Phi) is 35.5. The number of hydrogen-bond acceptors (Lipinski definition) is 23. The molecule has 2 fully saturated rings. The first-order chi connectivity index (χ1) is 36.8. The zero-order valence-corrected chi connectivity index (χ0v) is 44.3. The number of ketones is 3. The first kappa shape index (κ1) is 71.7. The second kappa shape index (κ2) is 39.1. The topological polar surface area (TPSA) is 469 Å². The van der Waals surface area contributed by atoms with Gasteiger partial charge in [0.15, 0.2) is 19.6 Å². The summed E-state index contributed by atoms with van der Waals surface area (Å²) in [5.41, 5.74) is 0. The van der Waals surface area contributed by atoms with Gasteiger partial charge in [-0.05, 0) is 20.8 Å². The average Bonchev–Trinajstić information content (AvgIpc) is 3.26. The number of esters is 4. The zero-order valence-electron chi connectivity index (χ0n) is 44.3. The summed E-state index contributed by atoms with van der Waals surface area (Å²) in [6, 6.07) is 0. The molecule has 1 atom stereocenters. The third-order valence-corrected chi connectivity index (χ3v) is 10.9. The maximum Gasteiger partial charge on any atom is 0.359 e. The number of hydrogen-bond donors (Lipinski definition) is 11. The molecule has 11 N–H and O–H groups in total. The van der Waals surface area contributed by atoms with Gasteiger partial charge in [0.1, 0.15) is 17.3 Å². The largest absolute Gasteiger partial charge is 0.480 e. The molecule has 2 rings (SSSR count). The lowest BCUT2D eigenvalue weighted by Crippen LogP contribution is -3.14. The molecule has 0 bridgehead atoms. The highest BCUT2D eigenvalue weighted by Gasteiger charge is 2.29. The number of quaternary nitrogens is 3. The van der Waals surface area contributed by atoms with Gasteiger partial charge in [-0.25, -0.2) is 14.4 Å². The van der Waals surface area contributed by atoms with Crippen molar-refractivity contribution in [2.75, 3.05) is 177 Å². The number of carboxylic acid groups (broad SMARTS) is 8. The molecule has 0 aromatic heterocycles. The summed E-state index contributed by atoms with van der Waals surface area (Å²) in [4.78, 5) is 176. The Morgan fingerprint density at radius 3 is 0.747 bits per heavy atom. The highest BCUT2D eigenvalue weighted by molar-refractivity contribution is 5.90. The Balaban J connectivity index is 0.00000116. The summed E-state index contributed by atoms with van der Waals surface area (Å²) in [5.74, 6) is -12.0. The van der Waals surface area contributed by atoms with Crippen LogP contribution < -0.4 is 14.7 Å². The second-order valence-electron chi connectivity index (χ2n) is 18.5. The summed E-state index contributed by atoms with van der Waals surface area (Å²) in [5, 5.41) is 71.4. The van der Waals surface area contributed by atoms with E-state index in [-0.39, 0.29) is 155 Å². The van der Waals surface area contributed by atoms with Crippen LogP contribution in [0.2, 0.25) is 0 Å². The number of rotatable bonds is 40. The van der Waals surface area contributed by atoms with Crippen molar-refractivity contribution in [3.63, 3.8) is 0 Å². The van der Waals surface area contributed by atoms with Crippen LogP contribution in [0.5, 0.6) is 0 Å². The molecule has 34 heteroatoms. The number of morpholine rings is 2. The molecular weight excluding hydrogens is 1070 g/mol. The van der Waals surface area contributed by atoms with Gasteiger partial charge < -0.3 is 65.0 Å². The predicted octanol–water partition coefficient (Wildman–Crippen LogP) is -11.0. The lowest BCUT2D eigenvalue weighted by Gasteiger charge is -2.28. The maximum atomic E-state index is 11.2. The van der Waals surface area contributed by atoms with Crippen LogP contribution in [0, 0.1) is 0 Å². The maximum absolute atomic E-state index is 11.2. The van der Waals surface area contributed by atoms with Crippen molar-refractivity contribution in [2.45, 2.75) is 20.8 Å². The number of ether oxygens (including phenoxy) is 2. The molecule has 2 heterocycles. The lowest BCUT2D eigenvalue weighted by molar-refractivity contribution is -0.891. The van der Waals surface area contributed by atoms with Crippen LogP contribution in [-0.4, -0.2) is 336 Å². The fourth-order valence-electron chi connectivity index (χ4n) is 7.74. The van der Waals surface area contributed by atoms with E-state index in [1.807, 2.05) is 0 Å². The van der Waals surface area contributed by atoms with E-state index >= 15 is 0 Å². The number of nitrogens with zero attached hydrogens (tertiary/aromatic N) is 6. The summed E-state index contributed by atoms with van der Waals surface area (Å²) in [6.45, 7) is 3.88. The van der Waals surface area contributed by atoms with Crippen LogP contribution in [-0.2, 0) is 81.4 Å². The van der Waals surface area contributed by atoms with Crippen molar-refractivity contribution in [1.82, 2.24) is 29.4 Å². The van der Waals surface area contributed by atoms with Gasteiger partial charge >= 0.3 is 71.6 Å². The standard InChI is InChI=1S/C16H27N3O8.C15H25N3O9.C14H19N3O8/c1-12(20)7-18(10-15(24)25)5-3-17(9-14(22)23)4-6-19(8-13(2)21)11-16(26)27;1-11(19)6-17(8-13(22)23)4-2-16(7-12(20)21)3-5-18(9-14(24)25)10-15(26)27;18-10(19)5-15(1-3-16-6-11(20)24-12(21)7-16)2-4-17-8-13(22)25-14(23)9-17/h3-11H2,1-2H3,(H,22,23)(H,24,25)(H,26,27);2-10H2,1H3,(H,20,21)(H,22,23)(H,24,25)(H,26,27);1-9H2,(H,18,19)/p+3. The Hall–Kier alpha value is -7.31. The van der Waals surface area contributed by atoms with Gasteiger partial charge in [-0.2, -0.15) is 0 Å². The van der Waals surface area contributed by atoms with Gasteiger partial charge in [0, 0.05) is 39.3 Å². The van der Waals surface area contributed by atoms with Gasteiger partial charge in [-0.3, -0.25) is 86.9 Å². The Bertz CT molecular complexity index is 1830. The highest BCUT2D eigenvalue weighted by Crippen LogP contribution is 2.00. The number of carbonyl (C=O) groups excluding carboxylic acids is 7. The van der Waals surface area contributed by atoms with Crippen LogP contribution >= 0.6 is 0 Å². The molecule has 0 aromatic rings. The van der Waals surface area contributed by atoms with Crippen molar-refractivity contribution >= 4 is 89.0 Å². The number of carbonyl (C=O) groups is 15. The molecule has 79 heavy (non-hydrogen) atoms. The van der Waals surface area contributed by atoms with E-state index in [0.717, 1.165) is 4.90 Å². The molecule has 0 aromatic carbocycles. The van der Waals surface area contributed by atoms with Crippen LogP contribution in [0.1, 0.15) is 20.8 Å². The molecule has 446 valence electrons. The molecule has 0 spiro atoms. The first-order valence-electron chi connectivity index (χ1n) is 24.3. The van der Waals surface area contributed by atoms with E-state index in [9.17, 15) is 71.9 Å². The fraction of sp³-hybridized carbons (Fsp3) is 0.667. The third-order valence-electron chi connectivity index (χ3n) is 10.9. The van der Waals surface area contributed by atoms with Crippen LogP contribution in [0.25, 0.3) is 0 Å². The highest BCUT2D eigenvalue weighted by atomic mass is 16.6. The van der Waals surface area contributed by atoms with Crippen LogP contribution in [0.3, 0.4) is 0 Å². The molecule has 2 aliphatic heterocycles. The minimum atomic E-state index is -1.20. The zero-order chi connectivity index (χ0) is 60.4. The van der Waals surface area contributed by atoms with Gasteiger partial charge in [-0.1, -0.05) is 0 Å². The van der Waals surface area contributed by atoms with Crippen molar-refractivity contribution < 1.29 is 137 Å². The SMILES string of the molecule is CC(=O)CN(CC[NH+](CCN(CC(=O)O)CC(=O)O)CC(=O)O)CC(=O)O.CC(=O)CN(CC[NH+](CCN(CC(C)=O)CC(=O)O)CC(=O)O)CC(=O)O.O=C(O)C[NH+](CCN1CC(=O)OC(=O)C1)CCN1CC(=O)OC(=O)C1.